The molecule has 2 fully saturated rings. The average molecular weight is 492 g/mol. The molecule has 33 heavy (non-hydrogen) atoms. The summed E-state index contributed by atoms with van der Waals surface area (Å²) in [6.45, 7) is 2.54. The molecule has 0 radical (unpaired) electrons. The van der Waals surface area contributed by atoms with E-state index in [-0.39, 0.29) is 29.8 Å². The second kappa shape index (κ2) is 8.74. The molecule has 3 aliphatic carbocycles. The molecule has 178 valence electrons. The highest BCUT2D eigenvalue weighted by Crippen LogP contribution is 2.42. The van der Waals surface area contributed by atoms with Crippen LogP contribution in [0.4, 0.5) is 0 Å². The average Bonchev–Trinajstić information content (AvgIpc) is 3.70. The van der Waals surface area contributed by atoms with E-state index >= 15 is 0 Å². The van der Waals surface area contributed by atoms with Crippen LogP contribution in [0.2, 0.25) is 0 Å². The zero-order valence-electron chi connectivity index (χ0n) is 18.8. The maximum atomic E-state index is 13.4. The quantitative estimate of drug-likeness (QED) is 0.484. The molecule has 0 amide bonds. The Hall–Kier alpha value is -1.84. The summed E-state index contributed by atoms with van der Waals surface area (Å²) in [5.41, 5.74) is 0.192. The Bertz CT molecular complexity index is 1260. The maximum absolute atomic E-state index is 13.4. The first-order valence-corrected chi connectivity index (χ1v) is 14.2. The fourth-order valence-electron chi connectivity index (χ4n) is 4.81. The lowest BCUT2D eigenvalue weighted by Gasteiger charge is -2.24. The smallest absolute Gasteiger partial charge is 0.268 e. The van der Waals surface area contributed by atoms with Gasteiger partial charge in [-0.05, 0) is 75.7 Å². The van der Waals surface area contributed by atoms with E-state index < -0.39 is 20.9 Å². The second-order valence-electron chi connectivity index (χ2n) is 9.68. The van der Waals surface area contributed by atoms with Crippen molar-refractivity contribution in [2.24, 2.45) is 17.8 Å². The molecule has 0 bridgehead atoms. The van der Waals surface area contributed by atoms with E-state index in [1.165, 1.54) is 11.3 Å². The maximum Gasteiger partial charge on any atom is 0.268 e. The van der Waals surface area contributed by atoms with Crippen molar-refractivity contribution in [2.75, 3.05) is 13.2 Å². The summed E-state index contributed by atoms with van der Waals surface area (Å²) < 4.78 is 34.9. The zero-order valence-corrected chi connectivity index (χ0v) is 20.4. The normalized spacial score (nSPS) is 20.7. The van der Waals surface area contributed by atoms with Gasteiger partial charge in [0.25, 0.3) is 5.43 Å². The van der Waals surface area contributed by atoms with E-state index in [1.54, 1.807) is 6.92 Å². The summed E-state index contributed by atoms with van der Waals surface area (Å²) in [5.74, 6) is 0.851. The lowest BCUT2D eigenvalue weighted by molar-refractivity contribution is -0.119. The van der Waals surface area contributed by atoms with Crippen LogP contribution in [0.1, 0.15) is 59.9 Å². The first-order valence-electron chi connectivity index (χ1n) is 11.9. The molecule has 1 N–H and O–H groups in total. The minimum atomic E-state index is -3.73. The summed E-state index contributed by atoms with van der Waals surface area (Å²) in [6, 6.07) is 0. The second-order valence-corrected chi connectivity index (χ2v) is 12.6. The third-order valence-corrected chi connectivity index (χ3v) is 10.0. The third-order valence-electron chi connectivity index (χ3n) is 7.02. The van der Waals surface area contributed by atoms with Gasteiger partial charge in [-0.1, -0.05) is 0 Å². The molecule has 0 spiro atoms. The SMILES string of the molecule is CCOc1c(CC2CCc3sc(CC(=O)C4CC4)c(S(=O)(=O)NCC4CC4)c3C2)c(=O)c1=O. The predicted molar refractivity (Wildman–Crippen MR) is 125 cm³/mol. The Morgan fingerprint density at radius 3 is 2.52 bits per heavy atom. The molecule has 1 heterocycles. The van der Waals surface area contributed by atoms with Gasteiger partial charge >= 0.3 is 0 Å². The summed E-state index contributed by atoms with van der Waals surface area (Å²) in [4.78, 5) is 38.5. The first-order chi connectivity index (χ1) is 15.8. The lowest BCUT2D eigenvalue weighted by atomic mass is 9.83. The minimum Gasteiger partial charge on any atom is -0.489 e. The number of Topliss-reactive ketones (excluding diaryl/α,β-unsaturated/α-hetero) is 1. The van der Waals surface area contributed by atoms with Crippen molar-refractivity contribution in [1.29, 1.82) is 0 Å². The molecule has 1 atom stereocenters. The Morgan fingerprint density at radius 1 is 1.09 bits per heavy atom. The Balaban J connectivity index is 1.43. The number of rotatable bonds is 11. The molecular weight excluding hydrogens is 462 g/mol. The monoisotopic (exact) mass is 491 g/mol. The molecular formula is C24H29NO6S2. The van der Waals surface area contributed by atoms with E-state index in [9.17, 15) is 22.8 Å². The topological polar surface area (TPSA) is 107 Å². The van der Waals surface area contributed by atoms with Gasteiger partial charge in [-0.2, -0.15) is 0 Å². The van der Waals surface area contributed by atoms with E-state index in [2.05, 4.69) is 4.72 Å². The summed E-state index contributed by atoms with van der Waals surface area (Å²) in [7, 11) is -3.73. The van der Waals surface area contributed by atoms with Crippen LogP contribution >= 0.6 is 11.3 Å². The van der Waals surface area contributed by atoms with E-state index in [4.69, 9.17) is 4.74 Å². The zero-order chi connectivity index (χ0) is 23.3. The number of hydrogen-bond acceptors (Lipinski definition) is 7. The number of aryl methyl sites for hydroxylation is 1. The van der Waals surface area contributed by atoms with E-state index in [1.807, 2.05) is 0 Å². The molecule has 9 heteroatoms. The molecule has 7 nitrogen and oxygen atoms in total. The van der Waals surface area contributed by atoms with Crippen molar-refractivity contribution in [1.82, 2.24) is 4.72 Å². The largest absolute Gasteiger partial charge is 0.489 e. The van der Waals surface area contributed by atoms with Crippen LogP contribution in [0.15, 0.2) is 14.5 Å². The molecule has 0 aliphatic heterocycles. The van der Waals surface area contributed by atoms with Gasteiger partial charge in [-0.15, -0.1) is 11.3 Å². The summed E-state index contributed by atoms with van der Waals surface area (Å²) in [5, 5.41) is 0. The first kappa shape index (κ1) is 22.9. The molecule has 1 aromatic carbocycles. The highest BCUT2D eigenvalue weighted by molar-refractivity contribution is 7.89. The fourth-order valence-corrected chi connectivity index (χ4v) is 8.08. The number of ketones is 1. The van der Waals surface area contributed by atoms with Gasteiger partial charge in [0.15, 0.2) is 5.75 Å². The van der Waals surface area contributed by atoms with Gasteiger partial charge < -0.3 is 4.74 Å². The molecule has 2 saturated carbocycles. The van der Waals surface area contributed by atoms with Crippen molar-refractivity contribution in [2.45, 2.75) is 69.6 Å². The Kier molecular flexibility index (Phi) is 6.07. The molecule has 1 aromatic heterocycles. The van der Waals surface area contributed by atoms with Crippen LogP contribution in [0.5, 0.6) is 5.75 Å². The van der Waals surface area contributed by atoms with Crippen LogP contribution in [0.3, 0.4) is 0 Å². The number of sulfonamides is 1. The van der Waals surface area contributed by atoms with Gasteiger partial charge in [-0.25, -0.2) is 13.1 Å². The number of carbonyl (C=O) groups excluding carboxylic acids is 1. The molecule has 5 rings (SSSR count). The predicted octanol–water partition coefficient (Wildman–Crippen LogP) is 2.30. The van der Waals surface area contributed by atoms with Gasteiger partial charge in [0.05, 0.1) is 17.1 Å². The van der Waals surface area contributed by atoms with Crippen molar-refractivity contribution >= 4 is 27.1 Å². The molecule has 1 unspecified atom stereocenters. The Morgan fingerprint density at radius 2 is 1.85 bits per heavy atom. The summed E-state index contributed by atoms with van der Waals surface area (Å²) >= 11 is 1.46. The standard InChI is InChI=1S/C24H29NO6S2/c1-2-31-23-17(21(27)22(23)28)10-14-5-8-19-16(9-14)24(33(29,30)25-12-13-3-4-13)20(32-19)11-18(26)15-6-7-15/h13-15,25H,2-12H2,1H3. The van der Waals surface area contributed by atoms with Gasteiger partial charge in [0, 0.05) is 28.6 Å². The van der Waals surface area contributed by atoms with Crippen LogP contribution in [-0.4, -0.2) is 27.4 Å². The number of ether oxygens (including phenoxy) is 1. The fraction of sp³-hybridized carbons (Fsp3) is 0.625. The number of nitrogens with one attached hydrogen (secondary N) is 1. The highest BCUT2D eigenvalue weighted by Gasteiger charge is 2.37. The van der Waals surface area contributed by atoms with Crippen LogP contribution in [0, 0.1) is 17.8 Å². The van der Waals surface area contributed by atoms with Gasteiger partial charge in [0.1, 0.15) is 5.78 Å². The lowest BCUT2D eigenvalue weighted by Crippen LogP contribution is -2.38. The third kappa shape index (κ3) is 4.59. The number of carbonyl (C=O) groups is 1. The Labute approximate surface area is 197 Å². The van der Waals surface area contributed by atoms with Crippen LogP contribution in [0.25, 0.3) is 0 Å². The van der Waals surface area contributed by atoms with Crippen molar-refractivity contribution in [3.8, 4) is 5.75 Å². The summed E-state index contributed by atoms with van der Waals surface area (Å²) in [6.07, 6.45) is 6.53. The molecule has 3 aliphatic rings. The van der Waals surface area contributed by atoms with Crippen molar-refractivity contribution in [3.05, 3.63) is 41.3 Å². The van der Waals surface area contributed by atoms with Gasteiger partial charge in [0.2, 0.25) is 15.5 Å². The van der Waals surface area contributed by atoms with Crippen LogP contribution < -0.4 is 20.3 Å². The highest BCUT2D eigenvalue weighted by atomic mass is 32.2. The molecule has 0 saturated heterocycles. The minimum absolute atomic E-state index is 0.0546. The number of hydrogen-bond donors (Lipinski definition) is 1. The van der Waals surface area contributed by atoms with E-state index in [0.717, 1.165) is 42.5 Å². The number of thiophene rings is 1. The van der Waals surface area contributed by atoms with Crippen LogP contribution in [-0.2, 0) is 40.5 Å². The van der Waals surface area contributed by atoms with Crippen molar-refractivity contribution < 1.29 is 17.9 Å². The number of fused-ring (bicyclic) bond motifs is 1. The van der Waals surface area contributed by atoms with E-state index in [0.29, 0.717) is 53.7 Å². The van der Waals surface area contributed by atoms with Crippen molar-refractivity contribution in [3.63, 3.8) is 0 Å². The molecule has 2 aromatic rings. The van der Waals surface area contributed by atoms with Gasteiger partial charge in [-0.3, -0.25) is 14.4 Å².